The van der Waals surface area contributed by atoms with Crippen LogP contribution in [0.2, 0.25) is 5.02 Å². The number of carbonyl (C=O) groups is 1. The van der Waals surface area contributed by atoms with Crippen molar-refractivity contribution in [3.05, 3.63) is 70.7 Å². The molecule has 4 nitrogen and oxygen atoms in total. The summed E-state index contributed by atoms with van der Waals surface area (Å²) in [6.45, 7) is 0.277. The van der Waals surface area contributed by atoms with Crippen molar-refractivity contribution in [2.24, 2.45) is 0 Å². The number of amides is 1. The molecule has 5 heteroatoms. The maximum Gasteiger partial charge on any atom is 0.407 e. The van der Waals surface area contributed by atoms with Gasteiger partial charge in [-0.3, -0.25) is 0 Å². The van der Waals surface area contributed by atoms with Crippen molar-refractivity contribution >= 4 is 17.7 Å². The largest absolute Gasteiger partial charge is 0.445 e. The zero-order valence-electron chi connectivity index (χ0n) is 11.3. The highest BCUT2D eigenvalue weighted by Crippen LogP contribution is 2.15. The van der Waals surface area contributed by atoms with E-state index in [1.807, 2.05) is 30.3 Å². The first-order chi connectivity index (χ1) is 10.1. The molecule has 1 amide bonds. The molecule has 1 atom stereocenters. The Labute approximate surface area is 128 Å². The number of aliphatic hydroxyl groups excluding tert-OH is 1. The maximum atomic E-state index is 11.5. The Morgan fingerprint density at radius 2 is 1.81 bits per heavy atom. The summed E-state index contributed by atoms with van der Waals surface area (Å²) >= 11 is 5.77. The van der Waals surface area contributed by atoms with Crippen LogP contribution in [0.1, 0.15) is 17.2 Å². The monoisotopic (exact) mass is 305 g/mol. The molecule has 0 aliphatic carbocycles. The van der Waals surface area contributed by atoms with Gasteiger partial charge in [0.15, 0.2) is 0 Å². The molecule has 0 saturated heterocycles. The minimum atomic E-state index is -0.799. The van der Waals surface area contributed by atoms with Crippen molar-refractivity contribution in [1.82, 2.24) is 5.32 Å². The number of carbonyl (C=O) groups excluding carboxylic acids is 1. The first-order valence-electron chi connectivity index (χ1n) is 6.53. The summed E-state index contributed by atoms with van der Waals surface area (Å²) in [5.74, 6) is 0. The lowest BCUT2D eigenvalue weighted by Gasteiger charge is -2.12. The summed E-state index contributed by atoms with van der Waals surface area (Å²) in [5.41, 5.74) is 1.59. The Hall–Kier alpha value is -2.04. The lowest BCUT2D eigenvalue weighted by atomic mass is 10.1. The molecule has 0 aliphatic heterocycles. The van der Waals surface area contributed by atoms with Gasteiger partial charge in [-0.1, -0.05) is 54.1 Å². The molecule has 0 fully saturated rings. The lowest BCUT2D eigenvalue weighted by molar-refractivity contribution is 0.126. The van der Waals surface area contributed by atoms with Crippen LogP contribution < -0.4 is 5.32 Å². The van der Waals surface area contributed by atoms with Gasteiger partial charge in [-0.05, 0) is 23.3 Å². The summed E-state index contributed by atoms with van der Waals surface area (Å²) in [6, 6.07) is 16.2. The van der Waals surface area contributed by atoms with E-state index >= 15 is 0 Å². The smallest absolute Gasteiger partial charge is 0.407 e. The summed E-state index contributed by atoms with van der Waals surface area (Å²) in [6.07, 6.45) is -1.36. The fourth-order valence-corrected chi connectivity index (χ4v) is 1.88. The van der Waals surface area contributed by atoms with Crippen LogP contribution in [0.25, 0.3) is 0 Å². The van der Waals surface area contributed by atoms with Gasteiger partial charge in [0.05, 0.1) is 12.6 Å². The van der Waals surface area contributed by atoms with Gasteiger partial charge in [0.1, 0.15) is 6.61 Å². The van der Waals surface area contributed by atoms with Gasteiger partial charge < -0.3 is 15.2 Å². The number of alkyl carbamates (subject to hydrolysis) is 1. The lowest BCUT2D eigenvalue weighted by Crippen LogP contribution is -2.28. The van der Waals surface area contributed by atoms with E-state index in [0.29, 0.717) is 10.6 Å². The highest BCUT2D eigenvalue weighted by molar-refractivity contribution is 6.30. The zero-order valence-corrected chi connectivity index (χ0v) is 12.1. The van der Waals surface area contributed by atoms with E-state index in [1.54, 1.807) is 24.3 Å². The number of aliphatic hydroxyl groups is 1. The van der Waals surface area contributed by atoms with Gasteiger partial charge in [-0.25, -0.2) is 4.79 Å². The third-order valence-corrected chi connectivity index (χ3v) is 3.16. The Morgan fingerprint density at radius 3 is 2.48 bits per heavy atom. The van der Waals surface area contributed by atoms with Gasteiger partial charge >= 0.3 is 6.09 Å². The molecule has 2 N–H and O–H groups in total. The van der Waals surface area contributed by atoms with Crippen LogP contribution >= 0.6 is 11.6 Å². The molecule has 2 aromatic rings. The van der Waals surface area contributed by atoms with Crippen LogP contribution in [0, 0.1) is 0 Å². The van der Waals surface area contributed by atoms with Crippen molar-refractivity contribution in [3.63, 3.8) is 0 Å². The summed E-state index contributed by atoms with van der Waals surface area (Å²) < 4.78 is 5.05. The Balaban J connectivity index is 1.74. The first-order valence-corrected chi connectivity index (χ1v) is 6.91. The van der Waals surface area contributed by atoms with Crippen molar-refractivity contribution in [3.8, 4) is 0 Å². The average molecular weight is 306 g/mol. The standard InChI is InChI=1S/C16H16ClNO3/c17-14-8-6-13(7-9-14)15(19)10-18-16(20)21-11-12-4-2-1-3-5-12/h1-9,15,19H,10-11H2,(H,18,20)/t15-/m1/s1. The summed E-state index contributed by atoms with van der Waals surface area (Å²) in [4.78, 5) is 11.5. The molecule has 0 spiro atoms. The third-order valence-electron chi connectivity index (χ3n) is 2.91. The minimum Gasteiger partial charge on any atom is -0.445 e. The number of hydrogen-bond acceptors (Lipinski definition) is 3. The Bertz CT molecular complexity index is 572. The van der Waals surface area contributed by atoms with E-state index in [4.69, 9.17) is 16.3 Å². The average Bonchev–Trinajstić information content (AvgIpc) is 2.52. The van der Waals surface area contributed by atoms with Gasteiger partial charge in [-0.15, -0.1) is 0 Å². The molecule has 2 rings (SSSR count). The number of ether oxygens (including phenoxy) is 1. The SMILES string of the molecule is O=C(NC[C@@H](O)c1ccc(Cl)cc1)OCc1ccccc1. The quantitative estimate of drug-likeness (QED) is 0.891. The number of benzene rings is 2. The highest BCUT2D eigenvalue weighted by Gasteiger charge is 2.10. The molecule has 2 aromatic carbocycles. The maximum absolute atomic E-state index is 11.5. The molecule has 0 bridgehead atoms. The molecular weight excluding hydrogens is 290 g/mol. The van der Waals surface area contributed by atoms with Gasteiger partial charge in [0.2, 0.25) is 0 Å². The van der Waals surface area contributed by atoms with Gasteiger partial charge in [-0.2, -0.15) is 0 Å². The summed E-state index contributed by atoms with van der Waals surface area (Å²) in [5, 5.41) is 13.1. The normalized spacial score (nSPS) is 11.7. The fraction of sp³-hybridized carbons (Fsp3) is 0.188. The number of rotatable bonds is 5. The van der Waals surface area contributed by atoms with Crippen LogP contribution in [-0.2, 0) is 11.3 Å². The van der Waals surface area contributed by atoms with E-state index < -0.39 is 12.2 Å². The highest BCUT2D eigenvalue weighted by atomic mass is 35.5. The predicted molar refractivity (Wildman–Crippen MR) is 81.0 cm³/mol. The third kappa shape index (κ3) is 5.10. The topological polar surface area (TPSA) is 58.6 Å². The second-order valence-corrected chi connectivity index (χ2v) is 4.95. The molecular formula is C16H16ClNO3. The van der Waals surface area contributed by atoms with Crippen molar-refractivity contribution in [2.45, 2.75) is 12.7 Å². The van der Waals surface area contributed by atoms with Crippen molar-refractivity contribution in [2.75, 3.05) is 6.54 Å². The van der Waals surface area contributed by atoms with Crippen LogP contribution in [-0.4, -0.2) is 17.7 Å². The van der Waals surface area contributed by atoms with Crippen LogP contribution in [0.15, 0.2) is 54.6 Å². The molecule has 0 heterocycles. The van der Waals surface area contributed by atoms with E-state index in [9.17, 15) is 9.90 Å². The summed E-state index contributed by atoms with van der Waals surface area (Å²) in [7, 11) is 0. The second-order valence-electron chi connectivity index (χ2n) is 4.51. The van der Waals surface area contributed by atoms with E-state index in [0.717, 1.165) is 5.56 Å². The Morgan fingerprint density at radius 1 is 1.14 bits per heavy atom. The molecule has 0 saturated carbocycles. The van der Waals surface area contributed by atoms with E-state index in [1.165, 1.54) is 0 Å². The van der Waals surface area contributed by atoms with Crippen LogP contribution in [0.3, 0.4) is 0 Å². The van der Waals surface area contributed by atoms with Crippen molar-refractivity contribution < 1.29 is 14.6 Å². The number of hydrogen-bond donors (Lipinski definition) is 2. The van der Waals surface area contributed by atoms with Crippen LogP contribution in [0.5, 0.6) is 0 Å². The van der Waals surface area contributed by atoms with Crippen molar-refractivity contribution in [1.29, 1.82) is 0 Å². The van der Waals surface area contributed by atoms with Crippen LogP contribution in [0.4, 0.5) is 4.79 Å². The van der Waals surface area contributed by atoms with E-state index in [-0.39, 0.29) is 13.2 Å². The molecule has 21 heavy (non-hydrogen) atoms. The second kappa shape index (κ2) is 7.67. The molecule has 0 aromatic heterocycles. The zero-order chi connectivity index (χ0) is 15.1. The fourth-order valence-electron chi connectivity index (χ4n) is 1.76. The van der Waals surface area contributed by atoms with Gasteiger partial charge in [0, 0.05) is 5.02 Å². The van der Waals surface area contributed by atoms with E-state index in [2.05, 4.69) is 5.32 Å². The minimum absolute atomic E-state index is 0.0786. The number of nitrogens with one attached hydrogen (secondary N) is 1. The predicted octanol–water partition coefficient (Wildman–Crippen LogP) is 3.30. The number of halogens is 1. The Kier molecular flexibility index (Phi) is 5.60. The first kappa shape index (κ1) is 15.4. The molecule has 0 unspecified atom stereocenters. The molecule has 0 aliphatic rings. The van der Waals surface area contributed by atoms with Gasteiger partial charge in [0.25, 0.3) is 0 Å². The molecule has 0 radical (unpaired) electrons. The molecule has 110 valence electrons.